The van der Waals surface area contributed by atoms with E-state index in [2.05, 4.69) is 242 Å². The van der Waals surface area contributed by atoms with Crippen molar-refractivity contribution < 1.29 is 0 Å². The minimum absolute atomic E-state index is 0.339. The molecule has 0 saturated heterocycles. The number of nitrogens with zero attached hydrogens (tertiary/aromatic N) is 1. The lowest BCUT2D eigenvalue weighted by atomic mass is 9.70. The van der Waals surface area contributed by atoms with Crippen LogP contribution in [0.2, 0.25) is 0 Å². The first-order chi connectivity index (χ1) is 31.7. The van der Waals surface area contributed by atoms with Crippen LogP contribution in [-0.4, -0.2) is 0 Å². The molecule has 0 N–H and O–H groups in total. The second kappa shape index (κ2) is 13.0. The highest BCUT2D eigenvalue weighted by molar-refractivity contribution is 6.26. The van der Waals surface area contributed by atoms with Crippen LogP contribution in [0, 0.1) is 0 Å². The summed E-state index contributed by atoms with van der Waals surface area (Å²) in [4.78, 5) is 2.57. The molecule has 0 radical (unpaired) electrons. The van der Waals surface area contributed by atoms with Crippen molar-refractivity contribution in [3.05, 3.63) is 269 Å². The zero-order valence-electron chi connectivity index (χ0n) is 35.4. The Morgan fingerprint density at radius 2 is 0.734 bits per heavy atom. The first-order valence-corrected chi connectivity index (χ1v) is 22.5. The van der Waals surface area contributed by atoms with Gasteiger partial charge in [-0.1, -0.05) is 200 Å². The number of hydrogen-bond donors (Lipinski definition) is 0. The van der Waals surface area contributed by atoms with Crippen molar-refractivity contribution in [1.29, 1.82) is 0 Å². The molecule has 1 spiro atoms. The van der Waals surface area contributed by atoms with Crippen molar-refractivity contribution >= 4 is 49.4 Å². The van der Waals surface area contributed by atoms with E-state index in [9.17, 15) is 0 Å². The maximum atomic E-state index is 2.57. The average Bonchev–Trinajstić information content (AvgIpc) is 3.94. The van der Waals surface area contributed by atoms with Crippen molar-refractivity contribution in [2.75, 3.05) is 4.90 Å². The highest BCUT2D eigenvalue weighted by Gasteiger charge is 2.52. The monoisotopic (exact) mass is 811 g/mol. The van der Waals surface area contributed by atoms with Crippen LogP contribution in [0.4, 0.5) is 17.1 Å². The maximum absolute atomic E-state index is 2.57. The molecule has 0 aromatic heterocycles. The van der Waals surface area contributed by atoms with E-state index >= 15 is 0 Å². The van der Waals surface area contributed by atoms with Gasteiger partial charge >= 0.3 is 0 Å². The van der Waals surface area contributed by atoms with Crippen molar-refractivity contribution in [1.82, 2.24) is 0 Å². The van der Waals surface area contributed by atoms with Crippen LogP contribution in [-0.2, 0) is 10.8 Å². The van der Waals surface area contributed by atoms with Crippen molar-refractivity contribution in [2.45, 2.75) is 17.8 Å². The molecule has 11 aromatic carbocycles. The third kappa shape index (κ3) is 4.48. The molecule has 0 amide bonds. The Hall–Kier alpha value is -8.00. The summed E-state index contributed by atoms with van der Waals surface area (Å²) < 4.78 is 0. The third-order valence-electron chi connectivity index (χ3n) is 15.1. The van der Waals surface area contributed by atoms with Gasteiger partial charge in [0.2, 0.25) is 0 Å². The van der Waals surface area contributed by atoms with E-state index in [-0.39, 0.29) is 5.41 Å². The van der Waals surface area contributed by atoms with E-state index in [1.165, 1.54) is 110 Å². The van der Waals surface area contributed by atoms with Crippen LogP contribution in [0.15, 0.2) is 231 Å². The molecule has 14 rings (SSSR count). The molecule has 0 heterocycles. The standard InChI is InChI=1S/C63H41N/c1-62(40-18-3-2-4-19-40)54-28-13-12-27-52(54)61-58(62)32-17-33-60(61)64(41-34-36-47-45-22-6-5-20-43(45)44-21-7-8-23-46(44)53(47)38-41)42-35-37-51-50-26-11-16-31-57(50)63(59(51)39-42)55-29-14-9-24-48(55)49-25-10-15-30-56(49)63/h2-39H,1H3. The van der Waals surface area contributed by atoms with E-state index in [0.717, 1.165) is 11.4 Å². The summed E-state index contributed by atoms with van der Waals surface area (Å²) in [6, 6.07) is 86.8. The van der Waals surface area contributed by atoms with Gasteiger partial charge in [-0.15, -0.1) is 0 Å². The van der Waals surface area contributed by atoms with Gasteiger partial charge in [0.05, 0.1) is 11.1 Å². The molecule has 1 atom stereocenters. The molecule has 298 valence electrons. The molecular formula is C63H41N. The smallest absolute Gasteiger partial charge is 0.0726 e. The molecule has 1 heteroatoms. The predicted octanol–water partition coefficient (Wildman–Crippen LogP) is 16.3. The summed E-state index contributed by atoms with van der Waals surface area (Å²) >= 11 is 0. The number of rotatable bonds is 4. The summed E-state index contributed by atoms with van der Waals surface area (Å²) in [5, 5.41) is 7.62. The molecule has 0 bridgehead atoms. The summed E-state index contributed by atoms with van der Waals surface area (Å²) in [7, 11) is 0. The number of benzene rings is 11. The molecule has 0 aliphatic heterocycles. The van der Waals surface area contributed by atoms with Gasteiger partial charge in [0.15, 0.2) is 0 Å². The van der Waals surface area contributed by atoms with E-state index in [0.29, 0.717) is 0 Å². The Bertz CT molecular complexity index is 3670. The van der Waals surface area contributed by atoms with Crippen LogP contribution in [0.3, 0.4) is 0 Å². The minimum atomic E-state index is -0.462. The second-order valence-electron chi connectivity index (χ2n) is 18.0. The number of anilines is 3. The van der Waals surface area contributed by atoms with Crippen molar-refractivity contribution in [3.8, 4) is 33.4 Å². The predicted molar refractivity (Wildman–Crippen MR) is 267 cm³/mol. The summed E-state index contributed by atoms with van der Waals surface area (Å²) in [6.07, 6.45) is 0. The summed E-state index contributed by atoms with van der Waals surface area (Å²) in [5.74, 6) is 0. The van der Waals surface area contributed by atoms with Gasteiger partial charge in [-0.25, -0.2) is 0 Å². The van der Waals surface area contributed by atoms with Gasteiger partial charge in [0.1, 0.15) is 0 Å². The van der Waals surface area contributed by atoms with Crippen LogP contribution >= 0.6 is 0 Å². The molecular weight excluding hydrogens is 771 g/mol. The lowest BCUT2D eigenvalue weighted by Crippen LogP contribution is -2.26. The molecule has 0 fully saturated rings. The normalized spacial score (nSPS) is 15.8. The average molecular weight is 812 g/mol. The van der Waals surface area contributed by atoms with E-state index < -0.39 is 5.41 Å². The van der Waals surface area contributed by atoms with E-state index in [1.54, 1.807) is 0 Å². The molecule has 1 unspecified atom stereocenters. The summed E-state index contributed by atoms with van der Waals surface area (Å²) in [5.41, 5.74) is 19.8. The minimum Gasteiger partial charge on any atom is -0.310 e. The lowest BCUT2D eigenvalue weighted by Gasteiger charge is -2.33. The highest BCUT2D eigenvalue weighted by Crippen LogP contribution is 2.64. The Balaban J connectivity index is 1.09. The van der Waals surface area contributed by atoms with E-state index in [1.807, 2.05) is 0 Å². The largest absolute Gasteiger partial charge is 0.310 e. The molecule has 1 nitrogen and oxygen atoms in total. The van der Waals surface area contributed by atoms with Gasteiger partial charge in [-0.2, -0.15) is 0 Å². The van der Waals surface area contributed by atoms with Crippen LogP contribution in [0.1, 0.15) is 45.9 Å². The van der Waals surface area contributed by atoms with Crippen molar-refractivity contribution in [2.24, 2.45) is 0 Å². The Morgan fingerprint density at radius 1 is 0.297 bits per heavy atom. The van der Waals surface area contributed by atoms with Gasteiger partial charge in [0, 0.05) is 22.4 Å². The molecule has 3 aliphatic rings. The zero-order chi connectivity index (χ0) is 42.1. The Labute approximate surface area is 373 Å². The lowest BCUT2D eigenvalue weighted by molar-refractivity contribution is 0.714. The second-order valence-corrected chi connectivity index (χ2v) is 18.0. The third-order valence-corrected chi connectivity index (χ3v) is 15.1. The van der Waals surface area contributed by atoms with Gasteiger partial charge in [0.25, 0.3) is 0 Å². The molecule has 0 saturated carbocycles. The van der Waals surface area contributed by atoms with Gasteiger partial charge in [-0.05, 0) is 136 Å². The van der Waals surface area contributed by atoms with E-state index in [4.69, 9.17) is 0 Å². The van der Waals surface area contributed by atoms with Crippen molar-refractivity contribution in [3.63, 3.8) is 0 Å². The highest BCUT2D eigenvalue weighted by atomic mass is 15.1. The first kappa shape index (κ1) is 35.6. The molecule has 11 aromatic rings. The molecule has 3 aliphatic carbocycles. The Morgan fingerprint density at radius 3 is 1.34 bits per heavy atom. The zero-order valence-corrected chi connectivity index (χ0v) is 35.4. The first-order valence-electron chi connectivity index (χ1n) is 22.5. The summed E-state index contributed by atoms with van der Waals surface area (Å²) in [6.45, 7) is 2.42. The fraction of sp³-hybridized carbons (Fsp3) is 0.0476. The SMILES string of the molecule is CC1(c2ccccc2)c2ccccc2-c2c(N(c3ccc4c(c3)C3(c5ccccc5-c5ccccc53)c3ccccc3-4)c3ccc4c5ccccc5c5ccccc5c4c3)cccc21. The van der Waals surface area contributed by atoms with Crippen LogP contribution < -0.4 is 4.90 Å². The van der Waals surface area contributed by atoms with Gasteiger partial charge in [-0.3, -0.25) is 0 Å². The number of fused-ring (bicyclic) bond motifs is 19. The Kier molecular flexibility index (Phi) is 7.24. The fourth-order valence-corrected chi connectivity index (χ4v) is 12.5. The van der Waals surface area contributed by atoms with Gasteiger partial charge < -0.3 is 4.90 Å². The topological polar surface area (TPSA) is 3.24 Å². The quantitative estimate of drug-likeness (QED) is 0.160. The number of hydrogen-bond acceptors (Lipinski definition) is 1. The van der Waals surface area contributed by atoms with Crippen LogP contribution in [0.5, 0.6) is 0 Å². The maximum Gasteiger partial charge on any atom is 0.0726 e. The van der Waals surface area contributed by atoms with Crippen LogP contribution in [0.25, 0.3) is 65.7 Å². The molecule has 64 heavy (non-hydrogen) atoms. The fourth-order valence-electron chi connectivity index (χ4n) is 12.5.